The first kappa shape index (κ1) is 15.0. The van der Waals surface area contributed by atoms with Gasteiger partial charge in [0.2, 0.25) is 0 Å². The summed E-state index contributed by atoms with van der Waals surface area (Å²) in [5.74, 6) is 0. The number of pyridine rings is 1. The number of halogens is 1. The van der Waals surface area contributed by atoms with Crippen LogP contribution in [0.3, 0.4) is 0 Å². The molecule has 5 heteroatoms. The van der Waals surface area contributed by atoms with Crippen LogP contribution in [0.1, 0.15) is 24.1 Å². The fourth-order valence-electron chi connectivity index (χ4n) is 2.36. The first-order valence-electron chi connectivity index (χ1n) is 7.35. The minimum atomic E-state index is -0.399. The molecule has 0 aromatic carbocycles. The topological polar surface area (TPSA) is 30.7 Å². The van der Waals surface area contributed by atoms with Crippen LogP contribution in [0.15, 0.2) is 52.9 Å². The van der Waals surface area contributed by atoms with Gasteiger partial charge >= 0.3 is 0 Å². The first-order chi connectivity index (χ1) is 10.8. The van der Waals surface area contributed by atoms with E-state index in [1.54, 1.807) is 18.1 Å². The minimum absolute atomic E-state index is 0.324. The second kappa shape index (κ2) is 6.92. The van der Waals surface area contributed by atoms with Crippen molar-refractivity contribution >= 4 is 17.3 Å². The molecule has 2 heterocycles. The van der Waals surface area contributed by atoms with Crippen LogP contribution < -0.4 is 0 Å². The molecule has 2 aromatic heterocycles. The molecule has 0 unspecified atom stereocenters. The molecule has 0 amide bonds. The maximum atomic E-state index is 12.8. The fourth-order valence-corrected chi connectivity index (χ4v) is 3.34. The van der Waals surface area contributed by atoms with Gasteiger partial charge in [-0.25, -0.2) is 14.4 Å². The molecule has 0 N–H and O–H groups in total. The predicted molar refractivity (Wildman–Crippen MR) is 87.7 cm³/mol. The monoisotopic (exact) mass is 315 g/mol. The molecule has 0 atom stereocenters. The summed E-state index contributed by atoms with van der Waals surface area (Å²) in [4.78, 5) is 8.95. The summed E-state index contributed by atoms with van der Waals surface area (Å²) in [6, 6.07) is 4.03. The van der Waals surface area contributed by atoms with E-state index in [1.165, 1.54) is 5.57 Å². The van der Waals surface area contributed by atoms with Gasteiger partial charge in [-0.15, -0.1) is 0 Å². The molecule has 2 aromatic rings. The van der Waals surface area contributed by atoms with Gasteiger partial charge in [-0.3, -0.25) is 0 Å². The number of hydrogen-bond donors (Lipinski definition) is 0. The molecular weight excluding hydrogens is 297 g/mol. The van der Waals surface area contributed by atoms with Crippen LogP contribution in [0.25, 0.3) is 5.57 Å². The number of nitrogens with zero attached hydrogens (tertiary/aromatic N) is 3. The average molecular weight is 315 g/mol. The van der Waals surface area contributed by atoms with Gasteiger partial charge in [0, 0.05) is 6.20 Å². The van der Waals surface area contributed by atoms with Crippen molar-refractivity contribution < 1.29 is 4.39 Å². The van der Waals surface area contributed by atoms with Crippen LogP contribution in [0.5, 0.6) is 0 Å². The van der Waals surface area contributed by atoms with Crippen LogP contribution in [0, 0.1) is 6.92 Å². The summed E-state index contributed by atoms with van der Waals surface area (Å²) >= 11 is 1.55. The lowest BCUT2D eigenvalue weighted by molar-refractivity contribution is 0.435. The van der Waals surface area contributed by atoms with Crippen molar-refractivity contribution in [1.82, 2.24) is 14.5 Å². The molecule has 1 aliphatic carbocycles. The van der Waals surface area contributed by atoms with E-state index in [1.807, 2.05) is 29.8 Å². The van der Waals surface area contributed by atoms with E-state index in [0.717, 1.165) is 34.2 Å². The Hall–Kier alpha value is -1.88. The largest absolute Gasteiger partial charge is 0.322 e. The highest BCUT2D eigenvalue weighted by molar-refractivity contribution is 7.99. The van der Waals surface area contributed by atoms with Gasteiger partial charge in [-0.2, -0.15) is 0 Å². The Morgan fingerprint density at radius 1 is 1.32 bits per heavy atom. The van der Waals surface area contributed by atoms with Crippen LogP contribution in [0.4, 0.5) is 4.39 Å². The van der Waals surface area contributed by atoms with Crippen LogP contribution in [-0.2, 0) is 6.54 Å². The van der Waals surface area contributed by atoms with E-state index >= 15 is 0 Å². The molecule has 3 nitrogen and oxygen atoms in total. The molecule has 22 heavy (non-hydrogen) atoms. The van der Waals surface area contributed by atoms with Crippen molar-refractivity contribution in [3.05, 3.63) is 54.1 Å². The van der Waals surface area contributed by atoms with Gasteiger partial charge < -0.3 is 4.57 Å². The van der Waals surface area contributed by atoms with E-state index in [2.05, 4.69) is 28.2 Å². The molecular formula is C17H18FN3S. The maximum absolute atomic E-state index is 12.8. The van der Waals surface area contributed by atoms with Crippen LogP contribution >= 0.6 is 11.8 Å². The van der Waals surface area contributed by atoms with Gasteiger partial charge in [0.05, 0.1) is 18.6 Å². The van der Waals surface area contributed by atoms with Crippen molar-refractivity contribution in [2.75, 3.05) is 6.67 Å². The normalized spacial score (nSPS) is 14.2. The van der Waals surface area contributed by atoms with Gasteiger partial charge in [0.1, 0.15) is 16.7 Å². The van der Waals surface area contributed by atoms with Gasteiger partial charge in [-0.05, 0) is 48.7 Å². The van der Waals surface area contributed by atoms with E-state index in [-0.39, 0.29) is 0 Å². The molecule has 114 valence electrons. The van der Waals surface area contributed by atoms with Gasteiger partial charge in [-0.1, -0.05) is 24.3 Å². The lowest BCUT2D eigenvalue weighted by Crippen LogP contribution is -2.01. The summed E-state index contributed by atoms with van der Waals surface area (Å²) in [6.07, 6.45) is 11.9. The Balaban J connectivity index is 1.95. The molecule has 0 spiro atoms. The van der Waals surface area contributed by atoms with Gasteiger partial charge in [0.15, 0.2) is 0 Å². The Kier molecular flexibility index (Phi) is 4.73. The number of aryl methyl sites for hydroxylation is 2. The van der Waals surface area contributed by atoms with E-state index in [9.17, 15) is 4.39 Å². The third-order valence-electron chi connectivity index (χ3n) is 3.52. The van der Waals surface area contributed by atoms with Crippen molar-refractivity contribution in [2.45, 2.75) is 36.4 Å². The predicted octanol–water partition coefficient (Wildman–Crippen LogP) is 4.44. The molecule has 0 fully saturated rings. The smallest absolute Gasteiger partial charge is 0.109 e. The summed E-state index contributed by atoms with van der Waals surface area (Å²) in [5.41, 5.74) is 3.28. The highest BCUT2D eigenvalue weighted by Gasteiger charge is 2.17. The molecule has 0 radical (unpaired) electrons. The molecule has 1 aliphatic rings. The zero-order valence-electron chi connectivity index (χ0n) is 12.5. The maximum Gasteiger partial charge on any atom is 0.109 e. The number of alkyl halides is 1. The summed E-state index contributed by atoms with van der Waals surface area (Å²) < 4.78 is 14.7. The lowest BCUT2D eigenvalue weighted by Gasteiger charge is -2.11. The second-order valence-corrected chi connectivity index (χ2v) is 6.22. The first-order valence-corrected chi connectivity index (χ1v) is 8.17. The van der Waals surface area contributed by atoms with Crippen molar-refractivity contribution in [1.29, 1.82) is 0 Å². The lowest BCUT2D eigenvalue weighted by atomic mass is 10.0. The number of imidazole rings is 1. The summed E-state index contributed by atoms with van der Waals surface area (Å²) in [5, 5.41) is 1.87. The van der Waals surface area contributed by atoms with E-state index in [4.69, 9.17) is 0 Å². The number of allylic oxidation sites excluding steroid dienone is 4. The summed E-state index contributed by atoms with van der Waals surface area (Å²) in [7, 11) is 0. The average Bonchev–Trinajstić information content (AvgIpc) is 2.94. The van der Waals surface area contributed by atoms with Crippen LogP contribution in [-0.4, -0.2) is 21.2 Å². The molecule has 0 bridgehead atoms. The number of aromatic nitrogens is 3. The molecule has 0 aliphatic heterocycles. The minimum Gasteiger partial charge on any atom is -0.322 e. The zero-order chi connectivity index (χ0) is 15.4. The van der Waals surface area contributed by atoms with E-state index < -0.39 is 6.67 Å². The number of hydrogen-bond acceptors (Lipinski definition) is 3. The van der Waals surface area contributed by atoms with E-state index in [0.29, 0.717) is 6.54 Å². The highest BCUT2D eigenvalue weighted by Crippen LogP contribution is 2.34. The zero-order valence-corrected chi connectivity index (χ0v) is 13.3. The SMILES string of the molecule is Cc1ccc(Sc2c(C3=CC=CCC3)ncn2CCF)nc1. The number of rotatable bonds is 5. The van der Waals surface area contributed by atoms with Crippen molar-refractivity contribution in [3.63, 3.8) is 0 Å². The molecule has 0 saturated carbocycles. The third-order valence-corrected chi connectivity index (χ3v) is 4.59. The second-order valence-electron chi connectivity index (χ2n) is 5.22. The van der Waals surface area contributed by atoms with Gasteiger partial charge in [0.25, 0.3) is 0 Å². The van der Waals surface area contributed by atoms with Crippen molar-refractivity contribution in [2.24, 2.45) is 0 Å². The fraction of sp³-hybridized carbons (Fsp3) is 0.294. The third kappa shape index (κ3) is 3.30. The standard InChI is InChI=1S/C17H18FN3S/c1-13-7-8-15(19-11-13)22-17-16(14-5-3-2-4-6-14)20-12-21(17)10-9-18/h2-3,5,7-8,11-12H,4,6,9-10H2,1H3. The molecule has 3 rings (SSSR count). The Morgan fingerprint density at radius 2 is 2.23 bits per heavy atom. The Morgan fingerprint density at radius 3 is 2.91 bits per heavy atom. The Bertz CT molecular complexity index is 701. The highest BCUT2D eigenvalue weighted by atomic mass is 32.2. The molecule has 0 saturated heterocycles. The Labute approximate surface area is 134 Å². The quantitative estimate of drug-likeness (QED) is 0.817. The summed E-state index contributed by atoms with van der Waals surface area (Å²) in [6.45, 7) is 1.94. The van der Waals surface area contributed by atoms with Crippen molar-refractivity contribution in [3.8, 4) is 0 Å². The van der Waals surface area contributed by atoms with Crippen LogP contribution in [0.2, 0.25) is 0 Å².